The molecule has 4 heteroatoms. The fourth-order valence-electron chi connectivity index (χ4n) is 1.92. The molecule has 1 saturated heterocycles. The predicted octanol–water partition coefficient (Wildman–Crippen LogP) is 1.64. The molecule has 0 aliphatic carbocycles. The number of methoxy groups -OCH3 is 1. The number of rotatable bonds is 4. The third-order valence-electron chi connectivity index (χ3n) is 2.61. The van der Waals surface area contributed by atoms with Crippen molar-refractivity contribution in [3.8, 4) is 0 Å². The number of amides is 1. The lowest BCUT2D eigenvalue weighted by molar-refractivity contribution is -0.135. The molecule has 0 aromatic heterocycles. The van der Waals surface area contributed by atoms with Gasteiger partial charge in [0.15, 0.2) is 0 Å². The number of ether oxygens (including phenoxy) is 1. The maximum absolute atomic E-state index is 11.7. The second-order valence-corrected chi connectivity index (χ2v) is 4.01. The van der Waals surface area contributed by atoms with Crippen LogP contribution in [0, 0.1) is 0 Å². The first-order valence-electron chi connectivity index (χ1n) is 5.14. The molecule has 0 radical (unpaired) electrons. The summed E-state index contributed by atoms with van der Waals surface area (Å²) in [6.07, 6.45) is 3.80. The van der Waals surface area contributed by atoms with Gasteiger partial charge in [0.2, 0.25) is 5.91 Å². The van der Waals surface area contributed by atoms with E-state index in [0.29, 0.717) is 18.9 Å². The van der Waals surface area contributed by atoms with Gasteiger partial charge in [-0.25, -0.2) is 0 Å². The second kappa shape index (κ2) is 6.25. The molecule has 14 heavy (non-hydrogen) atoms. The Bertz CT molecular complexity index is 185. The Morgan fingerprint density at radius 2 is 2.36 bits per heavy atom. The van der Waals surface area contributed by atoms with E-state index in [4.69, 9.17) is 16.3 Å². The van der Waals surface area contributed by atoms with Crippen molar-refractivity contribution in [2.45, 2.75) is 31.7 Å². The number of halogens is 1. The van der Waals surface area contributed by atoms with E-state index in [-0.39, 0.29) is 11.9 Å². The van der Waals surface area contributed by atoms with Crippen LogP contribution >= 0.6 is 11.6 Å². The highest BCUT2D eigenvalue weighted by atomic mass is 35.5. The topological polar surface area (TPSA) is 29.5 Å². The minimum absolute atomic E-state index is 0.168. The Morgan fingerprint density at radius 1 is 1.57 bits per heavy atom. The quantitative estimate of drug-likeness (QED) is 0.673. The molecule has 0 unspecified atom stereocenters. The molecule has 0 aromatic carbocycles. The molecule has 1 rings (SSSR count). The van der Waals surface area contributed by atoms with Crippen LogP contribution in [-0.4, -0.2) is 43.0 Å². The van der Waals surface area contributed by atoms with E-state index in [2.05, 4.69) is 0 Å². The molecule has 3 nitrogen and oxygen atoms in total. The molecule has 0 bridgehead atoms. The van der Waals surface area contributed by atoms with E-state index in [0.717, 1.165) is 19.4 Å². The molecular formula is C10H18ClNO2. The highest BCUT2D eigenvalue weighted by Crippen LogP contribution is 2.18. The summed E-state index contributed by atoms with van der Waals surface area (Å²) in [5, 5.41) is 0. The zero-order valence-corrected chi connectivity index (χ0v) is 9.42. The van der Waals surface area contributed by atoms with Crippen LogP contribution in [0.15, 0.2) is 0 Å². The zero-order chi connectivity index (χ0) is 10.4. The number of hydrogen-bond donors (Lipinski definition) is 0. The summed E-state index contributed by atoms with van der Waals surface area (Å²) in [4.78, 5) is 13.6. The van der Waals surface area contributed by atoms with E-state index in [1.165, 1.54) is 6.42 Å². The molecule has 1 atom stereocenters. The van der Waals surface area contributed by atoms with E-state index in [1.807, 2.05) is 4.90 Å². The van der Waals surface area contributed by atoms with Crippen molar-refractivity contribution in [1.82, 2.24) is 4.90 Å². The lowest BCUT2D eigenvalue weighted by Gasteiger charge is -2.35. The first-order chi connectivity index (χ1) is 6.79. The highest BCUT2D eigenvalue weighted by molar-refractivity contribution is 6.18. The van der Waals surface area contributed by atoms with E-state index in [1.54, 1.807) is 7.11 Å². The van der Waals surface area contributed by atoms with Crippen LogP contribution in [0.2, 0.25) is 0 Å². The smallest absolute Gasteiger partial charge is 0.224 e. The van der Waals surface area contributed by atoms with Gasteiger partial charge < -0.3 is 9.64 Å². The summed E-state index contributed by atoms with van der Waals surface area (Å²) in [7, 11) is 1.68. The Morgan fingerprint density at radius 3 is 3.00 bits per heavy atom. The summed E-state index contributed by atoms with van der Waals surface area (Å²) in [6.45, 7) is 1.51. The van der Waals surface area contributed by atoms with Gasteiger partial charge in [0.25, 0.3) is 0 Å². The standard InChI is InChI=1S/C10H18ClNO2/c1-14-8-9-4-2-3-7-12(9)10(13)5-6-11/h9H,2-8H2,1H3/t9-/m0/s1. The van der Waals surface area contributed by atoms with Crippen LogP contribution in [-0.2, 0) is 9.53 Å². The highest BCUT2D eigenvalue weighted by Gasteiger charge is 2.25. The molecule has 1 amide bonds. The predicted molar refractivity (Wildman–Crippen MR) is 56.6 cm³/mol. The number of piperidine rings is 1. The van der Waals surface area contributed by atoms with Crippen LogP contribution in [0.5, 0.6) is 0 Å². The van der Waals surface area contributed by atoms with Crippen LogP contribution in [0.25, 0.3) is 0 Å². The first kappa shape index (κ1) is 11.8. The Hall–Kier alpha value is -0.280. The lowest BCUT2D eigenvalue weighted by Crippen LogP contribution is -2.46. The Labute approximate surface area is 90.4 Å². The Balaban J connectivity index is 2.48. The van der Waals surface area contributed by atoms with Crippen molar-refractivity contribution < 1.29 is 9.53 Å². The fourth-order valence-corrected chi connectivity index (χ4v) is 2.08. The molecule has 1 heterocycles. The molecule has 0 aromatic rings. The number of alkyl halides is 1. The zero-order valence-electron chi connectivity index (χ0n) is 8.67. The largest absolute Gasteiger partial charge is 0.383 e. The summed E-state index contributed by atoms with van der Waals surface area (Å²) in [6, 6.07) is 0.268. The SMILES string of the molecule is COC[C@@H]1CCCCN1C(=O)CCCl. The van der Waals surface area contributed by atoms with E-state index in [9.17, 15) is 4.79 Å². The number of nitrogens with zero attached hydrogens (tertiary/aromatic N) is 1. The third kappa shape index (κ3) is 3.14. The number of carbonyl (C=O) groups excluding carboxylic acids is 1. The van der Waals surface area contributed by atoms with Crippen molar-refractivity contribution in [2.24, 2.45) is 0 Å². The molecule has 0 saturated carbocycles. The maximum atomic E-state index is 11.7. The van der Waals surface area contributed by atoms with Gasteiger partial charge in [-0.05, 0) is 19.3 Å². The monoisotopic (exact) mass is 219 g/mol. The van der Waals surface area contributed by atoms with Gasteiger partial charge in [0.05, 0.1) is 12.6 Å². The first-order valence-corrected chi connectivity index (χ1v) is 5.67. The van der Waals surface area contributed by atoms with Crippen LogP contribution in [0.1, 0.15) is 25.7 Å². The molecule has 1 fully saturated rings. The summed E-state index contributed by atoms with van der Waals surface area (Å²) in [5.41, 5.74) is 0. The molecule has 1 aliphatic heterocycles. The minimum atomic E-state index is 0.168. The minimum Gasteiger partial charge on any atom is -0.383 e. The molecular weight excluding hydrogens is 202 g/mol. The summed E-state index contributed by atoms with van der Waals surface area (Å²) in [5.74, 6) is 0.580. The third-order valence-corrected chi connectivity index (χ3v) is 2.80. The average molecular weight is 220 g/mol. The van der Waals surface area contributed by atoms with Crippen LogP contribution in [0.4, 0.5) is 0 Å². The van der Waals surface area contributed by atoms with Gasteiger partial charge in [0.1, 0.15) is 0 Å². The lowest BCUT2D eigenvalue weighted by atomic mass is 10.0. The fraction of sp³-hybridized carbons (Fsp3) is 0.900. The van der Waals surface area contributed by atoms with Crippen molar-refractivity contribution in [1.29, 1.82) is 0 Å². The van der Waals surface area contributed by atoms with Crippen LogP contribution in [0.3, 0.4) is 0 Å². The van der Waals surface area contributed by atoms with Crippen molar-refractivity contribution in [2.75, 3.05) is 26.1 Å². The van der Waals surface area contributed by atoms with Gasteiger partial charge in [-0.2, -0.15) is 0 Å². The number of likely N-dealkylation sites (tertiary alicyclic amines) is 1. The number of hydrogen-bond acceptors (Lipinski definition) is 2. The molecule has 0 spiro atoms. The second-order valence-electron chi connectivity index (χ2n) is 3.63. The van der Waals surface area contributed by atoms with Gasteiger partial charge in [-0.15, -0.1) is 11.6 Å². The molecule has 0 N–H and O–H groups in total. The van der Waals surface area contributed by atoms with Crippen molar-refractivity contribution >= 4 is 17.5 Å². The molecule has 82 valence electrons. The molecule has 1 aliphatic rings. The maximum Gasteiger partial charge on any atom is 0.224 e. The van der Waals surface area contributed by atoms with Gasteiger partial charge >= 0.3 is 0 Å². The van der Waals surface area contributed by atoms with E-state index < -0.39 is 0 Å². The van der Waals surface area contributed by atoms with E-state index >= 15 is 0 Å². The Kier molecular flexibility index (Phi) is 5.26. The van der Waals surface area contributed by atoms with Gasteiger partial charge in [0, 0.05) is 26.0 Å². The average Bonchev–Trinajstić information content (AvgIpc) is 2.19. The summed E-state index contributed by atoms with van der Waals surface area (Å²) < 4.78 is 5.11. The summed E-state index contributed by atoms with van der Waals surface area (Å²) >= 11 is 5.56. The normalized spacial score (nSPS) is 22.4. The van der Waals surface area contributed by atoms with Crippen molar-refractivity contribution in [3.63, 3.8) is 0 Å². The van der Waals surface area contributed by atoms with Crippen LogP contribution < -0.4 is 0 Å². The van der Waals surface area contributed by atoms with Crippen molar-refractivity contribution in [3.05, 3.63) is 0 Å². The van der Waals surface area contributed by atoms with Gasteiger partial charge in [-0.1, -0.05) is 0 Å². The number of carbonyl (C=O) groups is 1. The van der Waals surface area contributed by atoms with Gasteiger partial charge in [-0.3, -0.25) is 4.79 Å².